The summed E-state index contributed by atoms with van der Waals surface area (Å²) < 4.78 is 0. The van der Waals surface area contributed by atoms with E-state index in [2.05, 4.69) is 44.3 Å². The van der Waals surface area contributed by atoms with Crippen molar-refractivity contribution in [2.75, 3.05) is 11.9 Å². The summed E-state index contributed by atoms with van der Waals surface area (Å²) in [6.07, 6.45) is 4.49. The lowest BCUT2D eigenvalue weighted by molar-refractivity contribution is -0.114. The third-order valence-corrected chi connectivity index (χ3v) is 5.93. The van der Waals surface area contributed by atoms with E-state index in [1.165, 1.54) is 5.57 Å². The first-order valence-corrected chi connectivity index (χ1v) is 8.61. The number of benzene rings is 1. The lowest BCUT2D eigenvalue weighted by Gasteiger charge is -2.42. The van der Waals surface area contributed by atoms with Crippen LogP contribution in [0.5, 0.6) is 0 Å². The van der Waals surface area contributed by atoms with Gasteiger partial charge in [0.2, 0.25) is 0 Å². The molecule has 23 heavy (non-hydrogen) atoms. The van der Waals surface area contributed by atoms with Crippen LogP contribution in [0, 0.1) is 11.8 Å². The predicted octanol–water partition coefficient (Wildman–Crippen LogP) is 3.97. The van der Waals surface area contributed by atoms with Crippen LogP contribution in [0.4, 0.5) is 5.69 Å². The van der Waals surface area contributed by atoms with E-state index in [9.17, 15) is 4.79 Å². The molecule has 3 atom stereocenters. The van der Waals surface area contributed by atoms with Crippen molar-refractivity contribution in [1.29, 1.82) is 0 Å². The van der Waals surface area contributed by atoms with Gasteiger partial charge in [-0.05, 0) is 51.2 Å². The van der Waals surface area contributed by atoms with E-state index in [1.54, 1.807) is 0 Å². The molecule has 0 aromatic heterocycles. The van der Waals surface area contributed by atoms with Crippen LogP contribution >= 0.6 is 0 Å². The zero-order valence-corrected chi connectivity index (χ0v) is 14.1. The standard InChI is InChI=1S/C20H24N2O/c1-12-8-9-13-10-15(12)18(22-20(13,2)3)19(23)16-11-21-17-7-5-4-6-14(16)17/h4-8,13,15-16,21H,9-11H2,1-3H3/t13-,15-,16-/m1/s1. The van der Waals surface area contributed by atoms with Crippen molar-refractivity contribution in [2.45, 2.75) is 45.1 Å². The van der Waals surface area contributed by atoms with Crippen molar-refractivity contribution < 1.29 is 4.79 Å². The SMILES string of the molecule is CC1=CC[C@@H]2C[C@H]1C(C(=O)[C@@H]1CNc3ccccc31)=NC2(C)C. The maximum absolute atomic E-state index is 13.3. The maximum atomic E-state index is 13.3. The normalized spacial score (nSPS) is 30.8. The Morgan fingerprint density at radius 2 is 2.09 bits per heavy atom. The van der Waals surface area contributed by atoms with Gasteiger partial charge in [0.1, 0.15) is 0 Å². The molecule has 0 radical (unpaired) electrons. The van der Waals surface area contributed by atoms with E-state index in [0.29, 0.717) is 12.5 Å². The van der Waals surface area contributed by atoms with Crippen LogP contribution in [0.1, 0.15) is 45.1 Å². The Morgan fingerprint density at radius 3 is 2.91 bits per heavy atom. The van der Waals surface area contributed by atoms with Gasteiger partial charge < -0.3 is 5.32 Å². The number of nitrogens with one attached hydrogen (secondary N) is 1. The van der Waals surface area contributed by atoms with Gasteiger partial charge in [-0.25, -0.2) is 0 Å². The second-order valence-electron chi connectivity index (χ2n) is 7.70. The highest BCUT2D eigenvalue weighted by Gasteiger charge is 2.44. The smallest absolute Gasteiger partial charge is 0.186 e. The zero-order chi connectivity index (χ0) is 16.2. The third kappa shape index (κ3) is 2.25. The van der Waals surface area contributed by atoms with E-state index in [0.717, 1.165) is 29.8 Å². The first kappa shape index (κ1) is 14.7. The Kier molecular flexibility index (Phi) is 3.22. The minimum absolute atomic E-state index is 0.0907. The second kappa shape index (κ2) is 5.05. The van der Waals surface area contributed by atoms with Crippen LogP contribution in [0.2, 0.25) is 0 Å². The third-order valence-electron chi connectivity index (χ3n) is 5.93. The number of ketones is 1. The molecule has 0 saturated heterocycles. The van der Waals surface area contributed by atoms with Crippen molar-refractivity contribution in [3.63, 3.8) is 0 Å². The zero-order valence-electron chi connectivity index (χ0n) is 14.1. The largest absolute Gasteiger partial charge is 0.384 e. The molecule has 0 spiro atoms. The number of rotatable bonds is 2. The van der Waals surface area contributed by atoms with E-state index < -0.39 is 0 Å². The average molecular weight is 308 g/mol. The molecule has 3 aliphatic rings. The summed E-state index contributed by atoms with van der Waals surface area (Å²) in [7, 11) is 0. The summed E-state index contributed by atoms with van der Waals surface area (Å²) in [5, 5.41) is 3.37. The molecular weight excluding hydrogens is 284 g/mol. The van der Waals surface area contributed by atoms with Gasteiger partial charge in [0.15, 0.2) is 5.78 Å². The Morgan fingerprint density at radius 1 is 1.30 bits per heavy atom. The van der Waals surface area contributed by atoms with Crippen molar-refractivity contribution in [2.24, 2.45) is 16.8 Å². The monoisotopic (exact) mass is 308 g/mol. The second-order valence-corrected chi connectivity index (χ2v) is 7.70. The van der Waals surface area contributed by atoms with Crippen LogP contribution < -0.4 is 5.32 Å². The highest BCUT2D eigenvalue weighted by Crippen LogP contribution is 2.44. The van der Waals surface area contributed by atoms with Crippen molar-refractivity contribution >= 4 is 17.2 Å². The Hall–Kier alpha value is -1.90. The number of anilines is 1. The molecule has 2 aliphatic heterocycles. The predicted molar refractivity (Wildman–Crippen MR) is 94.2 cm³/mol. The van der Waals surface area contributed by atoms with Gasteiger partial charge in [0.25, 0.3) is 0 Å². The summed E-state index contributed by atoms with van der Waals surface area (Å²) in [5.74, 6) is 0.907. The fourth-order valence-corrected chi connectivity index (χ4v) is 4.34. The quantitative estimate of drug-likeness (QED) is 0.840. The van der Waals surface area contributed by atoms with Gasteiger partial charge >= 0.3 is 0 Å². The Bertz CT molecular complexity index is 729. The maximum Gasteiger partial charge on any atom is 0.186 e. The molecule has 0 fully saturated rings. The van der Waals surface area contributed by atoms with Gasteiger partial charge in [-0.2, -0.15) is 0 Å². The number of carbonyl (C=O) groups is 1. The van der Waals surface area contributed by atoms with Crippen LogP contribution in [0.25, 0.3) is 0 Å². The molecule has 1 N–H and O–H groups in total. The molecular formula is C20H24N2O. The van der Waals surface area contributed by atoms with Crippen LogP contribution in [-0.4, -0.2) is 23.6 Å². The van der Waals surface area contributed by atoms with Gasteiger partial charge in [-0.15, -0.1) is 0 Å². The molecule has 2 heterocycles. The molecule has 0 unspecified atom stereocenters. The fourth-order valence-electron chi connectivity index (χ4n) is 4.34. The van der Waals surface area contributed by atoms with Gasteiger partial charge in [-0.3, -0.25) is 9.79 Å². The molecule has 1 aliphatic carbocycles. The number of Topliss-reactive ketones (excluding diaryl/α,β-unsaturated/α-hetero) is 1. The van der Waals surface area contributed by atoms with Crippen LogP contribution in [-0.2, 0) is 4.79 Å². The lowest BCUT2D eigenvalue weighted by Crippen LogP contribution is -2.45. The summed E-state index contributed by atoms with van der Waals surface area (Å²) in [5.41, 5.74) is 4.21. The summed E-state index contributed by atoms with van der Waals surface area (Å²) in [4.78, 5) is 18.3. The van der Waals surface area contributed by atoms with E-state index >= 15 is 0 Å². The lowest BCUT2D eigenvalue weighted by atomic mass is 9.67. The number of nitrogens with zero attached hydrogens (tertiary/aromatic N) is 1. The highest BCUT2D eigenvalue weighted by molar-refractivity contribution is 6.43. The minimum Gasteiger partial charge on any atom is -0.384 e. The van der Waals surface area contributed by atoms with Gasteiger partial charge in [0.05, 0.1) is 17.2 Å². The Labute approximate surface area is 137 Å². The highest BCUT2D eigenvalue weighted by atomic mass is 16.1. The van der Waals surface area contributed by atoms with Gasteiger partial charge in [0, 0.05) is 18.2 Å². The number of allylic oxidation sites excluding steroid dienone is 2. The first-order chi connectivity index (χ1) is 11.0. The number of aliphatic imine (C=N–C) groups is 1. The number of carbonyl (C=O) groups excluding carboxylic acids is 1. The number of hydrogen-bond donors (Lipinski definition) is 1. The van der Waals surface area contributed by atoms with Crippen LogP contribution in [0.15, 0.2) is 40.9 Å². The molecule has 3 nitrogen and oxygen atoms in total. The summed E-state index contributed by atoms with van der Waals surface area (Å²) in [6, 6.07) is 8.15. The van der Waals surface area contributed by atoms with Crippen LogP contribution in [0.3, 0.4) is 0 Å². The topological polar surface area (TPSA) is 41.5 Å². The minimum atomic E-state index is -0.135. The first-order valence-electron chi connectivity index (χ1n) is 8.61. The molecule has 1 aromatic carbocycles. The van der Waals surface area contributed by atoms with E-state index in [4.69, 9.17) is 4.99 Å². The average Bonchev–Trinajstić information content (AvgIpc) is 2.96. The Balaban J connectivity index is 1.72. The van der Waals surface area contributed by atoms with Crippen molar-refractivity contribution in [1.82, 2.24) is 0 Å². The molecule has 0 saturated carbocycles. The molecule has 3 heteroatoms. The van der Waals surface area contributed by atoms with Crippen molar-refractivity contribution in [3.05, 3.63) is 41.5 Å². The number of hydrogen-bond acceptors (Lipinski definition) is 3. The number of fused-ring (bicyclic) bond motifs is 3. The molecule has 120 valence electrons. The van der Waals surface area contributed by atoms with Gasteiger partial charge in [-0.1, -0.05) is 29.8 Å². The van der Waals surface area contributed by atoms with E-state index in [1.807, 2.05) is 12.1 Å². The summed E-state index contributed by atoms with van der Waals surface area (Å²) in [6.45, 7) is 7.20. The molecule has 1 aromatic rings. The van der Waals surface area contributed by atoms with Crippen molar-refractivity contribution in [3.8, 4) is 0 Å². The molecule has 0 amide bonds. The number of para-hydroxylation sites is 1. The fraction of sp³-hybridized carbons (Fsp3) is 0.500. The molecule has 4 rings (SSSR count). The van der Waals surface area contributed by atoms with E-state index in [-0.39, 0.29) is 23.2 Å². The molecule has 2 bridgehead atoms. The summed E-state index contributed by atoms with van der Waals surface area (Å²) >= 11 is 0.